The topological polar surface area (TPSA) is 38.3 Å². The average molecular weight is 313 g/mol. The van der Waals surface area contributed by atoms with E-state index in [0.717, 1.165) is 30.8 Å². The van der Waals surface area contributed by atoms with Gasteiger partial charge in [0, 0.05) is 18.0 Å². The Morgan fingerprint density at radius 1 is 1.29 bits per heavy atom. The first-order chi connectivity index (χ1) is 10.2. The van der Waals surface area contributed by atoms with Crippen LogP contribution in [0.1, 0.15) is 41.7 Å². The highest BCUT2D eigenvalue weighted by Gasteiger charge is 2.22. The maximum Gasteiger partial charge on any atom is 0.284 e. The van der Waals surface area contributed by atoms with Gasteiger partial charge in [-0.2, -0.15) is 8.78 Å². The third-order valence-electron chi connectivity index (χ3n) is 3.64. The van der Waals surface area contributed by atoms with Crippen LogP contribution in [-0.2, 0) is 18.7 Å². The molecule has 0 bridgehead atoms. The number of fused-ring (bicyclic) bond motifs is 1. The second-order valence-corrected chi connectivity index (χ2v) is 6.04. The second-order valence-electron chi connectivity index (χ2n) is 5.06. The fourth-order valence-corrected chi connectivity index (χ4v) is 3.11. The maximum absolute atomic E-state index is 12.1. The van der Waals surface area contributed by atoms with Crippen molar-refractivity contribution in [2.24, 2.45) is 0 Å². The van der Waals surface area contributed by atoms with E-state index in [4.69, 9.17) is 8.83 Å². The van der Waals surface area contributed by atoms with Crippen LogP contribution in [0.25, 0.3) is 0 Å². The predicted octanol–water partition coefficient (Wildman–Crippen LogP) is 4.50. The monoisotopic (exact) mass is 313 g/mol. The number of rotatable bonds is 6. The van der Waals surface area contributed by atoms with Crippen LogP contribution < -0.4 is 5.32 Å². The molecule has 0 fully saturated rings. The van der Waals surface area contributed by atoms with E-state index < -0.39 is 5.76 Å². The van der Waals surface area contributed by atoms with Gasteiger partial charge in [0.15, 0.2) is 0 Å². The number of hydrogen-bond donors (Lipinski definition) is 1. The summed E-state index contributed by atoms with van der Waals surface area (Å²) in [7, 11) is 0. The molecule has 3 nitrogen and oxygen atoms in total. The highest BCUT2D eigenvalue weighted by molar-refractivity contribution is 7.98. The fraction of sp³-hybridized carbons (Fsp3) is 0.467. The van der Waals surface area contributed by atoms with Gasteiger partial charge in [0.25, 0.3) is 5.76 Å². The number of aryl methyl sites for hydroxylation is 1. The van der Waals surface area contributed by atoms with Crippen molar-refractivity contribution >= 4 is 11.8 Å². The van der Waals surface area contributed by atoms with E-state index in [1.54, 1.807) is 12.3 Å². The van der Waals surface area contributed by atoms with E-state index in [-0.39, 0.29) is 11.8 Å². The minimum absolute atomic E-state index is 0.201. The summed E-state index contributed by atoms with van der Waals surface area (Å²) in [4.78, 5) is 0. The molecule has 0 radical (unpaired) electrons. The Kier molecular flexibility index (Phi) is 4.65. The van der Waals surface area contributed by atoms with Gasteiger partial charge < -0.3 is 14.2 Å². The number of halogens is 2. The molecule has 1 N–H and O–H groups in total. The lowest BCUT2D eigenvalue weighted by Crippen LogP contribution is -2.23. The predicted molar refractivity (Wildman–Crippen MR) is 77.2 cm³/mol. The summed E-state index contributed by atoms with van der Waals surface area (Å²) in [6.45, 7) is 0.592. The van der Waals surface area contributed by atoms with Gasteiger partial charge in [-0.3, -0.25) is 0 Å². The maximum atomic E-state index is 12.1. The molecular formula is C15H17F2NO2S. The van der Waals surface area contributed by atoms with Crippen molar-refractivity contribution in [3.05, 3.63) is 47.3 Å². The molecule has 0 aromatic carbocycles. The van der Waals surface area contributed by atoms with Crippen molar-refractivity contribution in [2.45, 2.75) is 43.4 Å². The minimum Gasteiger partial charge on any atom is -0.469 e. The van der Waals surface area contributed by atoms with Crippen molar-refractivity contribution in [1.82, 2.24) is 5.32 Å². The van der Waals surface area contributed by atoms with Gasteiger partial charge >= 0.3 is 0 Å². The molecule has 0 aliphatic heterocycles. The third-order valence-corrected chi connectivity index (χ3v) is 4.35. The molecule has 1 atom stereocenters. The quantitative estimate of drug-likeness (QED) is 0.852. The number of nitrogens with one attached hydrogen (secondary N) is 1. The van der Waals surface area contributed by atoms with E-state index in [9.17, 15) is 8.78 Å². The molecule has 6 heteroatoms. The van der Waals surface area contributed by atoms with Crippen LogP contribution in [0.3, 0.4) is 0 Å². The third kappa shape index (κ3) is 3.68. The van der Waals surface area contributed by atoms with Crippen LogP contribution in [0.2, 0.25) is 0 Å². The standard InChI is InChI=1S/C15H17F2NO2S/c16-15(17)21-9-11-5-4-10(20-11)8-18-13-2-1-3-14-12(13)6-7-19-14/h4-7,13,15,18H,1-3,8-9H2. The van der Waals surface area contributed by atoms with Crippen molar-refractivity contribution in [2.75, 3.05) is 0 Å². The van der Waals surface area contributed by atoms with Crippen LogP contribution in [0.4, 0.5) is 8.78 Å². The Morgan fingerprint density at radius 3 is 3.00 bits per heavy atom. The molecule has 2 aromatic rings. The zero-order valence-electron chi connectivity index (χ0n) is 11.5. The number of thioether (sulfide) groups is 1. The molecule has 2 heterocycles. The molecule has 114 valence electrons. The summed E-state index contributed by atoms with van der Waals surface area (Å²) in [5.41, 5.74) is 1.22. The molecule has 0 amide bonds. The summed E-state index contributed by atoms with van der Waals surface area (Å²) in [6.07, 6.45) is 4.90. The van der Waals surface area contributed by atoms with Crippen LogP contribution in [0, 0.1) is 0 Å². The van der Waals surface area contributed by atoms with E-state index in [2.05, 4.69) is 5.32 Å². The van der Waals surface area contributed by atoms with E-state index >= 15 is 0 Å². The number of furan rings is 2. The highest BCUT2D eigenvalue weighted by Crippen LogP contribution is 2.30. The van der Waals surface area contributed by atoms with Gasteiger partial charge in [-0.1, -0.05) is 11.8 Å². The van der Waals surface area contributed by atoms with Gasteiger partial charge in [-0.15, -0.1) is 0 Å². The molecule has 2 aromatic heterocycles. The van der Waals surface area contributed by atoms with Crippen LogP contribution in [0.15, 0.2) is 33.3 Å². The molecular weight excluding hydrogens is 296 g/mol. The Bertz CT molecular complexity index is 582. The molecule has 1 aliphatic rings. The van der Waals surface area contributed by atoms with Crippen molar-refractivity contribution < 1.29 is 17.6 Å². The first-order valence-corrected chi connectivity index (χ1v) is 8.04. The highest BCUT2D eigenvalue weighted by atomic mass is 32.2. The van der Waals surface area contributed by atoms with E-state index in [1.165, 1.54) is 5.56 Å². The molecule has 1 unspecified atom stereocenters. The van der Waals surface area contributed by atoms with E-state index in [0.29, 0.717) is 24.1 Å². The zero-order chi connectivity index (χ0) is 14.7. The summed E-state index contributed by atoms with van der Waals surface area (Å²) in [5.74, 6) is 0.262. The van der Waals surface area contributed by atoms with Crippen LogP contribution in [0.5, 0.6) is 0 Å². The molecule has 21 heavy (non-hydrogen) atoms. The van der Waals surface area contributed by atoms with Crippen LogP contribution in [-0.4, -0.2) is 5.76 Å². The molecule has 1 aliphatic carbocycles. The summed E-state index contributed by atoms with van der Waals surface area (Å²) < 4.78 is 35.3. The van der Waals surface area contributed by atoms with E-state index in [1.807, 2.05) is 12.1 Å². The van der Waals surface area contributed by atoms with Crippen molar-refractivity contribution in [3.8, 4) is 0 Å². The smallest absolute Gasteiger partial charge is 0.284 e. The Labute approximate surface area is 126 Å². The average Bonchev–Trinajstić information content (AvgIpc) is 3.12. The van der Waals surface area contributed by atoms with Gasteiger partial charge in [0.1, 0.15) is 17.3 Å². The lowest BCUT2D eigenvalue weighted by atomic mass is 9.93. The number of hydrogen-bond acceptors (Lipinski definition) is 4. The van der Waals surface area contributed by atoms with Crippen molar-refractivity contribution in [3.63, 3.8) is 0 Å². The molecule has 3 rings (SSSR count). The minimum atomic E-state index is -2.36. The lowest BCUT2D eigenvalue weighted by Gasteiger charge is -2.22. The first kappa shape index (κ1) is 14.7. The van der Waals surface area contributed by atoms with Gasteiger partial charge in [-0.25, -0.2) is 0 Å². The number of alkyl halides is 2. The SMILES string of the molecule is FC(F)SCc1ccc(CNC2CCCc3occc32)o1. The summed E-state index contributed by atoms with van der Waals surface area (Å²) in [6, 6.07) is 5.89. The summed E-state index contributed by atoms with van der Waals surface area (Å²) in [5, 5.41) is 3.45. The zero-order valence-corrected chi connectivity index (χ0v) is 12.3. The van der Waals surface area contributed by atoms with Crippen molar-refractivity contribution in [1.29, 1.82) is 0 Å². The normalized spacial score (nSPS) is 18.1. The Morgan fingerprint density at radius 2 is 2.14 bits per heavy atom. The lowest BCUT2D eigenvalue weighted by molar-refractivity contribution is 0.251. The van der Waals surface area contributed by atoms with Gasteiger partial charge in [0.2, 0.25) is 0 Å². The first-order valence-electron chi connectivity index (χ1n) is 6.99. The largest absolute Gasteiger partial charge is 0.469 e. The Hall–Kier alpha value is -1.27. The van der Waals surface area contributed by atoms with Gasteiger partial charge in [-0.05, 0) is 31.0 Å². The molecule has 0 spiro atoms. The van der Waals surface area contributed by atoms with Crippen LogP contribution >= 0.6 is 11.8 Å². The summed E-state index contributed by atoms with van der Waals surface area (Å²) >= 11 is 0.576. The Balaban J connectivity index is 1.54. The molecule has 0 saturated carbocycles. The fourth-order valence-electron chi connectivity index (χ4n) is 2.66. The molecule has 0 saturated heterocycles. The van der Waals surface area contributed by atoms with Gasteiger partial charge in [0.05, 0.1) is 18.6 Å². The second kappa shape index (κ2) is 6.66.